The van der Waals surface area contributed by atoms with Crippen LogP contribution in [0.2, 0.25) is 0 Å². The molecule has 0 radical (unpaired) electrons. The summed E-state index contributed by atoms with van der Waals surface area (Å²) in [6.07, 6.45) is 5.20. The Morgan fingerprint density at radius 1 is 1.05 bits per heavy atom. The van der Waals surface area contributed by atoms with Crippen molar-refractivity contribution in [3.8, 4) is 5.75 Å². The highest BCUT2D eigenvalue weighted by molar-refractivity contribution is 5.42. The molecule has 20 heavy (non-hydrogen) atoms. The number of fused-ring (bicyclic) bond motifs is 1. The van der Waals surface area contributed by atoms with E-state index in [2.05, 4.69) is 57.3 Å². The van der Waals surface area contributed by atoms with Crippen molar-refractivity contribution in [2.45, 2.75) is 71.1 Å². The molecule has 2 aliphatic rings. The Morgan fingerprint density at radius 2 is 1.70 bits per heavy atom. The van der Waals surface area contributed by atoms with E-state index in [1.165, 1.54) is 31.2 Å². The molecule has 0 bridgehead atoms. The van der Waals surface area contributed by atoms with Crippen LogP contribution in [0.25, 0.3) is 0 Å². The van der Waals surface area contributed by atoms with E-state index in [0.29, 0.717) is 17.5 Å². The Hall–Kier alpha value is -1.02. The van der Waals surface area contributed by atoms with Crippen molar-refractivity contribution < 1.29 is 4.74 Å². The number of para-hydroxylation sites is 1. The fraction of sp³-hybridized carbons (Fsp3) is 0.667. The maximum absolute atomic E-state index is 6.13. The number of benzene rings is 1. The van der Waals surface area contributed by atoms with Gasteiger partial charge in [-0.2, -0.15) is 0 Å². The summed E-state index contributed by atoms with van der Waals surface area (Å²) in [5, 5.41) is 3.88. The molecule has 110 valence electrons. The molecule has 1 heterocycles. The number of hydrogen-bond acceptors (Lipinski definition) is 2. The Bertz CT molecular complexity index is 482. The van der Waals surface area contributed by atoms with Crippen molar-refractivity contribution in [1.82, 2.24) is 5.32 Å². The van der Waals surface area contributed by atoms with Crippen LogP contribution in [0.5, 0.6) is 5.75 Å². The van der Waals surface area contributed by atoms with E-state index in [0.717, 1.165) is 5.75 Å². The molecule has 1 unspecified atom stereocenters. The van der Waals surface area contributed by atoms with Gasteiger partial charge in [0.15, 0.2) is 0 Å². The summed E-state index contributed by atoms with van der Waals surface area (Å²) in [4.78, 5) is 0. The van der Waals surface area contributed by atoms with Gasteiger partial charge in [-0.25, -0.2) is 0 Å². The first kappa shape index (κ1) is 13.9. The molecule has 3 rings (SSSR count). The van der Waals surface area contributed by atoms with Crippen molar-refractivity contribution in [3.63, 3.8) is 0 Å². The molecule has 0 aromatic heterocycles. The molecule has 1 aliphatic heterocycles. The van der Waals surface area contributed by atoms with Gasteiger partial charge in [0.2, 0.25) is 0 Å². The average Bonchev–Trinajstić information content (AvgIpc) is 2.63. The van der Waals surface area contributed by atoms with Crippen molar-refractivity contribution in [2.24, 2.45) is 5.41 Å². The molecular weight excluding hydrogens is 246 g/mol. The Balaban J connectivity index is 1.74. The van der Waals surface area contributed by atoms with Gasteiger partial charge in [0.25, 0.3) is 0 Å². The quantitative estimate of drug-likeness (QED) is 0.859. The van der Waals surface area contributed by atoms with E-state index in [4.69, 9.17) is 4.74 Å². The second kappa shape index (κ2) is 4.77. The van der Waals surface area contributed by atoms with Gasteiger partial charge < -0.3 is 10.1 Å². The third-order valence-electron chi connectivity index (χ3n) is 5.04. The summed E-state index contributed by atoms with van der Waals surface area (Å²) >= 11 is 0. The molecule has 0 amide bonds. The lowest BCUT2D eigenvalue weighted by molar-refractivity contribution is 0.0824. The number of ether oxygens (including phenoxy) is 1. The second-order valence-electron chi connectivity index (χ2n) is 7.78. The van der Waals surface area contributed by atoms with Crippen LogP contribution in [-0.4, -0.2) is 11.6 Å². The predicted octanol–water partition coefficient (Wildman–Crippen LogP) is 4.46. The normalized spacial score (nSPS) is 27.9. The van der Waals surface area contributed by atoms with Crippen LogP contribution in [0.1, 0.15) is 65.0 Å². The van der Waals surface area contributed by atoms with Crippen LogP contribution in [0.3, 0.4) is 0 Å². The highest BCUT2D eigenvalue weighted by atomic mass is 16.5. The largest absolute Gasteiger partial charge is 0.486 e. The molecule has 1 atom stereocenters. The molecule has 1 aromatic rings. The summed E-state index contributed by atoms with van der Waals surface area (Å²) in [6.45, 7) is 9.16. The summed E-state index contributed by atoms with van der Waals surface area (Å²) in [7, 11) is 0. The zero-order valence-electron chi connectivity index (χ0n) is 13.2. The van der Waals surface area contributed by atoms with E-state index in [1.54, 1.807) is 0 Å². The first-order valence-electron chi connectivity index (χ1n) is 7.91. The maximum atomic E-state index is 6.13. The Labute approximate surface area is 122 Å². The fourth-order valence-electron chi connectivity index (χ4n) is 3.62. The molecular formula is C18H27NO. The van der Waals surface area contributed by atoms with Crippen LogP contribution in [0.4, 0.5) is 0 Å². The van der Waals surface area contributed by atoms with Gasteiger partial charge in [0.05, 0.1) is 6.04 Å². The lowest BCUT2D eigenvalue weighted by atomic mass is 9.75. The van der Waals surface area contributed by atoms with E-state index >= 15 is 0 Å². The van der Waals surface area contributed by atoms with E-state index in [9.17, 15) is 0 Å². The number of nitrogens with one attached hydrogen (secondary N) is 1. The van der Waals surface area contributed by atoms with Crippen LogP contribution in [0.15, 0.2) is 24.3 Å². The zero-order valence-corrected chi connectivity index (χ0v) is 13.2. The lowest BCUT2D eigenvalue weighted by Crippen LogP contribution is -2.45. The minimum atomic E-state index is -0.156. The minimum Gasteiger partial charge on any atom is -0.486 e. The summed E-state index contributed by atoms with van der Waals surface area (Å²) in [5.41, 5.74) is 1.69. The predicted molar refractivity (Wildman–Crippen MR) is 83.1 cm³/mol. The van der Waals surface area contributed by atoms with Gasteiger partial charge in [-0.1, -0.05) is 32.0 Å². The summed E-state index contributed by atoms with van der Waals surface area (Å²) in [6, 6.07) is 9.40. The molecule has 1 aromatic carbocycles. The SMILES string of the molecule is CC1(C)CCC(NC2c3ccccc3OC2(C)C)CC1. The van der Waals surface area contributed by atoms with Gasteiger partial charge in [-0.15, -0.1) is 0 Å². The topological polar surface area (TPSA) is 21.3 Å². The highest BCUT2D eigenvalue weighted by Crippen LogP contribution is 2.44. The Kier molecular flexibility index (Phi) is 3.32. The van der Waals surface area contributed by atoms with Crippen molar-refractivity contribution >= 4 is 0 Å². The molecule has 2 nitrogen and oxygen atoms in total. The molecule has 0 spiro atoms. The summed E-state index contributed by atoms with van der Waals surface area (Å²) in [5.74, 6) is 1.05. The smallest absolute Gasteiger partial charge is 0.125 e. The van der Waals surface area contributed by atoms with E-state index < -0.39 is 0 Å². The third kappa shape index (κ3) is 2.58. The van der Waals surface area contributed by atoms with Crippen LogP contribution in [-0.2, 0) is 0 Å². The van der Waals surface area contributed by atoms with Crippen molar-refractivity contribution in [2.75, 3.05) is 0 Å². The van der Waals surface area contributed by atoms with Gasteiger partial charge in [0, 0.05) is 11.6 Å². The second-order valence-corrected chi connectivity index (χ2v) is 7.78. The van der Waals surface area contributed by atoms with Crippen LogP contribution >= 0.6 is 0 Å². The van der Waals surface area contributed by atoms with Crippen LogP contribution in [0, 0.1) is 5.41 Å². The average molecular weight is 273 g/mol. The summed E-state index contributed by atoms with van der Waals surface area (Å²) < 4.78 is 6.13. The standard InChI is InChI=1S/C18H27NO/c1-17(2)11-9-13(10-12-17)19-16-14-7-5-6-8-15(14)20-18(16,3)4/h5-8,13,16,19H,9-12H2,1-4H3. The molecule has 1 fully saturated rings. The first-order chi connectivity index (χ1) is 9.37. The van der Waals surface area contributed by atoms with Gasteiger partial charge in [0.1, 0.15) is 11.4 Å². The van der Waals surface area contributed by atoms with Crippen LogP contribution < -0.4 is 10.1 Å². The molecule has 1 saturated carbocycles. The monoisotopic (exact) mass is 273 g/mol. The minimum absolute atomic E-state index is 0.156. The fourth-order valence-corrected chi connectivity index (χ4v) is 3.62. The highest BCUT2D eigenvalue weighted by Gasteiger charge is 2.42. The van der Waals surface area contributed by atoms with E-state index in [1.807, 2.05) is 0 Å². The number of hydrogen-bond donors (Lipinski definition) is 1. The molecule has 1 N–H and O–H groups in total. The van der Waals surface area contributed by atoms with Gasteiger partial charge in [-0.3, -0.25) is 0 Å². The molecule has 2 heteroatoms. The third-order valence-corrected chi connectivity index (χ3v) is 5.04. The molecule has 0 saturated heterocycles. The van der Waals surface area contributed by atoms with E-state index in [-0.39, 0.29) is 5.60 Å². The van der Waals surface area contributed by atoms with Crippen molar-refractivity contribution in [3.05, 3.63) is 29.8 Å². The van der Waals surface area contributed by atoms with Gasteiger partial charge in [-0.05, 0) is 51.0 Å². The molecule has 1 aliphatic carbocycles. The van der Waals surface area contributed by atoms with Gasteiger partial charge >= 0.3 is 0 Å². The Morgan fingerprint density at radius 3 is 2.40 bits per heavy atom. The first-order valence-corrected chi connectivity index (χ1v) is 7.91. The number of rotatable bonds is 2. The lowest BCUT2D eigenvalue weighted by Gasteiger charge is -2.38. The van der Waals surface area contributed by atoms with Crippen molar-refractivity contribution in [1.29, 1.82) is 0 Å². The maximum Gasteiger partial charge on any atom is 0.125 e. The zero-order chi connectivity index (χ0) is 14.4.